The van der Waals surface area contributed by atoms with E-state index in [1.807, 2.05) is 0 Å². The molecule has 1 aliphatic carbocycles. The number of anilines is 1. The van der Waals surface area contributed by atoms with Crippen molar-refractivity contribution in [2.45, 2.75) is 25.3 Å². The highest BCUT2D eigenvalue weighted by molar-refractivity contribution is 7.10. The van der Waals surface area contributed by atoms with Crippen molar-refractivity contribution in [3.63, 3.8) is 0 Å². The number of hydrogen-bond acceptors (Lipinski definition) is 3. The van der Waals surface area contributed by atoms with E-state index in [1.54, 1.807) is 23.5 Å². The van der Waals surface area contributed by atoms with Crippen LogP contribution in [0.4, 0.5) is 14.9 Å². The van der Waals surface area contributed by atoms with Gasteiger partial charge in [-0.25, -0.2) is 9.18 Å². The van der Waals surface area contributed by atoms with Crippen LogP contribution >= 0.6 is 11.3 Å². The minimum Gasteiger partial charge on any atom is -0.320 e. The molecule has 3 amide bonds. The third-order valence-corrected chi connectivity index (χ3v) is 6.08. The number of quaternary nitrogens is 1. The molecule has 0 saturated heterocycles. The van der Waals surface area contributed by atoms with E-state index < -0.39 is 11.8 Å². The molecule has 1 aromatic carbocycles. The molecular formula is C19H21FN3O2S+. The van der Waals surface area contributed by atoms with Crippen LogP contribution in [0.1, 0.15) is 29.3 Å². The number of halogens is 1. The molecule has 2 aromatic rings. The molecule has 3 N–H and O–H groups in total. The molecule has 5 nitrogen and oxygen atoms in total. The minimum absolute atomic E-state index is 0.0573. The van der Waals surface area contributed by atoms with Crippen molar-refractivity contribution < 1.29 is 18.9 Å². The number of nitrogens with one attached hydrogen (secondary N) is 3. The van der Waals surface area contributed by atoms with Crippen molar-refractivity contribution in [3.8, 4) is 0 Å². The van der Waals surface area contributed by atoms with Gasteiger partial charge in [0.25, 0.3) is 5.91 Å². The topological polar surface area (TPSA) is 62.6 Å². The Morgan fingerprint density at radius 2 is 2.04 bits per heavy atom. The monoisotopic (exact) mass is 374 g/mol. The van der Waals surface area contributed by atoms with Gasteiger partial charge in [0.15, 0.2) is 6.54 Å². The summed E-state index contributed by atoms with van der Waals surface area (Å²) in [6, 6.07) is 7.72. The first-order valence-corrected chi connectivity index (χ1v) is 9.76. The van der Waals surface area contributed by atoms with E-state index in [4.69, 9.17) is 0 Å². The maximum absolute atomic E-state index is 13.6. The number of benzene rings is 1. The molecule has 0 radical (unpaired) electrons. The van der Waals surface area contributed by atoms with Crippen LogP contribution in [0.25, 0.3) is 0 Å². The lowest BCUT2D eigenvalue weighted by Gasteiger charge is -2.32. The Labute approximate surface area is 155 Å². The molecule has 2 heterocycles. The van der Waals surface area contributed by atoms with Gasteiger partial charge in [0.05, 0.1) is 12.2 Å². The van der Waals surface area contributed by atoms with Gasteiger partial charge in [-0.1, -0.05) is 12.1 Å². The second-order valence-corrected chi connectivity index (χ2v) is 7.93. The van der Waals surface area contributed by atoms with Gasteiger partial charge in [0.1, 0.15) is 11.9 Å². The zero-order valence-electron chi connectivity index (χ0n) is 14.3. The molecule has 1 unspecified atom stereocenters. The summed E-state index contributed by atoms with van der Waals surface area (Å²) in [5.74, 6) is -0.229. The lowest BCUT2D eigenvalue weighted by Crippen LogP contribution is -3.14. The molecule has 2 aliphatic rings. The maximum Gasteiger partial charge on any atom is 0.326 e. The fraction of sp³-hybridized carbons (Fsp3) is 0.368. The van der Waals surface area contributed by atoms with E-state index in [0.29, 0.717) is 12.0 Å². The van der Waals surface area contributed by atoms with E-state index >= 15 is 0 Å². The first-order chi connectivity index (χ1) is 12.6. The fourth-order valence-corrected chi connectivity index (χ4v) is 4.72. The van der Waals surface area contributed by atoms with Crippen LogP contribution in [0.3, 0.4) is 0 Å². The molecule has 136 valence electrons. The molecule has 1 fully saturated rings. The molecule has 0 bridgehead atoms. The number of carbonyl (C=O) groups excluding carboxylic acids is 2. The smallest absolute Gasteiger partial charge is 0.320 e. The summed E-state index contributed by atoms with van der Waals surface area (Å²) in [7, 11) is 0. The average molecular weight is 374 g/mol. The highest BCUT2D eigenvalue weighted by Gasteiger charge is 2.43. The van der Waals surface area contributed by atoms with Crippen molar-refractivity contribution in [2.75, 3.05) is 18.4 Å². The first kappa shape index (κ1) is 17.2. The molecular weight excluding hydrogens is 353 g/mol. The number of urea groups is 1. The SMILES string of the molecule is O=C(C[NH+]1CCc2sccc2[C@@H]1C1CC1)NC(=O)Nc1ccccc1F. The number of thiophene rings is 1. The number of para-hydroxylation sites is 1. The third-order valence-electron chi connectivity index (χ3n) is 5.08. The summed E-state index contributed by atoms with van der Waals surface area (Å²) in [5, 5.41) is 6.84. The predicted octanol–water partition coefficient (Wildman–Crippen LogP) is 2.13. The summed E-state index contributed by atoms with van der Waals surface area (Å²) >= 11 is 1.79. The third kappa shape index (κ3) is 3.64. The van der Waals surface area contributed by atoms with Crippen molar-refractivity contribution in [1.29, 1.82) is 0 Å². The Morgan fingerprint density at radius 3 is 2.81 bits per heavy atom. The minimum atomic E-state index is -0.698. The van der Waals surface area contributed by atoms with Gasteiger partial charge in [0.2, 0.25) is 0 Å². The number of hydrogen-bond donors (Lipinski definition) is 3. The molecule has 4 rings (SSSR count). The van der Waals surface area contributed by atoms with Crippen LogP contribution in [-0.4, -0.2) is 25.0 Å². The second-order valence-electron chi connectivity index (χ2n) is 6.93. The number of amides is 3. The second kappa shape index (κ2) is 7.17. The van der Waals surface area contributed by atoms with Crippen LogP contribution in [0.2, 0.25) is 0 Å². The van der Waals surface area contributed by atoms with Gasteiger partial charge in [-0.3, -0.25) is 10.1 Å². The van der Waals surface area contributed by atoms with Gasteiger partial charge < -0.3 is 10.2 Å². The zero-order chi connectivity index (χ0) is 18.1. The number of imide groups is 1. The molecule has 0 spiro atoms. The normalized spacial score (nSPS) is 21.7. The molecule has 26 heavy (non-hydrogen) atoms. The number of rotatable bonds is 4. The van der Waals surface area contributed by atoms with E-state index in [0.717, 1.165) is 13.0 Å². The van der Waals surface area contributed by atoms with Gasteiger partial charge in [0, 0.05) is 22.8 Å². The average Bonchev–Trinajstić information content (AvgIpc) is 3.33. The van der Waals surface area contributed by atoms with Crippen molar-refractivity contribution >= 4 is 29.0 Å². The van der Waals surface area contributed by atoms with Crippen LogP contribution in [-0.2, 0) is 11.2 Å². The summed E-state index contributed by atoms with van der Waals surface area (Å²) in [6.07, 6.45) is 3.39. The van der Waals surface area contributed by atoms with E-state index in [1.165, 1.54) is 40.3 Å². The Hall–Kier alpha value is -2.25. The van der Waals surface area contributed by atoms with Crippen molar-refractivity contribution in [1.82, 2.24) is 5.32 Å². The van der Waals surface area contributed by atoms with Gasteiger partial charge in [-0.2, -0.15) is 0 Å². The summed E-state index contributed by atoms with van der Waals surface area (Å²) in [6.45, 7) is 1.15. The molecule has 1 aromatic heterocycles. The van der Waals surface area contributed by atoms with Crippen LogP contribution in [0.5, 0.6) is 0 Å². The first-order valence-electron chi connectivity index (χ1n) is 8.88. The standard InChI is InChI=1S/C19H20FN3O2S/c20-14-3-1-2-4-15(14)21-19(25)22-17(24)11-23-9-7-16-13(8-10-26-16)18(23)12-5-6-12/h1-4,8,10,12,18H,5-7,9,11H2,(H2,21,22,24,25)/p+1/t18-/m0/s1. The van der Waals surface area contributed by atoms with E-state index in [2.05, 4.69) is 22.1 Å². The van der Waals surface area contributed by atoms with Gasteiger partial charge in [-0.15, -0.1) is 11.3 Å². The summed E-state index contributed by atoms with van der Waals surface area (Å²) in [4.78, 5) is 27.0. The zero-order valence-corrected chi connectivity index (χ0v) is 15.1. The largest absolute Gasteiger partial charge is 0.326 e. The fourth-order valence-electron chi connectivity index (χ4n) is 3.79. The highest BCUT2D eigenvalue weighted by Crippen LogP contribution is 2.42. The van der Waals surface area contributed by atoms with Crippen LogP contribution < -0.4 is 15.5 Å². The Kier molecular flexibility index (Phi) is 4.74. The lowest BCUT2D eigenvalue weighted by atomic mass is 9.96. The van der Waals surface area contributed by atoms with E-state index in [-0.39, 0.29) is 18.1 Å². The molecule has 7 heteroatoms. The Balaban J connectivity index is 1.37. The summed E-state index contributed by atoms with van der Waals surface area (Å²) < 4.78 is 13.6. The van der Waals surface area contributed by atoms with Crippen LogP contribution in [0.15, 0.2) is 35.7 Å². The van der Waals surface area contributed by atoms with Crippen LogP contribution in [0, 0.1) is 11.7 Å². The lowest BCUT2D eigenvalue weighted by molar-refractivity contribution is -0.928. The number of carbonyl (C=O) groups is 2. The molecule has 1 saturated carbocycles. The Bertz CT molecular complexity index is 834. The Morgan fingerprint density at radius 1 is 1.23 bits per heavy atom. The van der Waals surface area contributed by atoms with Gasteiger partial charge in [-0.05, 0) is 36.4 Å². The number of fused-ring (bicyclic) bond motifs is 1. The summed E-state index contributed by atoms with van der Waals surface area (Å²) in [5.41, 5.74) is 1.43. The predicted molar refractivity (Wildman–Crippen MR) is 97.7 cm³/mol. The van der Waals surface area contributed by atoms with Gasteiger partial charge >= 0.3 is 6.03 Å². The van der Waals surface area contributed by atoms with E-state index in [9.17, 15) is 14.0 Å². The molecule has 2 atom stereocenters. The quantitative estimate of drug-likeness (QED) is 0.768. The maximum atomic E-state index is 13.6. The van der Waals surface area contributed by atoms with Crippen molar-refractivity contribution in [3.05, 3.63) is 52.0 Å². The highest BCUT2D eigenvalue weighted by atomic mass is 32.1. The van der Waals surface area contributed by atoms with Crippen molar-refractivity contribution in [2.24, 2.45) is 5.92 Å². The molecule has 1 aliphatic heterocycles.